The second-order valence-corrected chi connectivity index (χ2v) is 9.35. The van der Waals surface area contributed by atoms with E-state index in [4.69, 9.17) is 4.74 Å². The number of hydrogen-bond donors (Lipinski definition) is 2. The smallest absolute Gasteiger partial charge is 0.191 e. The van der Waals surface area contributed by atoms with Crippen molar-refractivity contribution in [2.75, 3.05) is 32.5 Å². The number of sulfone groups is 1. The molecule has 6 nitrogen and oxygen atoms in total. The van der Waals surface area contributed by atoms with E-state index in [-0.39, 0.29) is 0 Å². The van der Waals surface area contributed by atoms with Crippen molar-refractivity contribution in [1.29, 1.82) is 0 Å². The Morgan fingerprint density at radius 1 is 1.14 bits per heavy atom. The van der Waals surface area contributed by atoms with E-state index in [0.717, 1.165) is 50.6 Å². The highest BCUT2D eigenvalue weighted by Crippen LogP contribution is 2.20. The molecule has 1 aromatic rings. The summed E-state index contributed by atoms with van der Waals surface area (Å²) < 4.78 is 29.0. The summed E-state index contributed by atoms with van der Waals surface area (Å²) in [6, 6.07) is 7.06. The molecule has 0 radical (unpaired) electrons. The molecule has 1 aromatic carbocycles. The number of nitrogens with one attached hydrogen (secondary N) is 2. The third kappa shape index (κ3) is 8.61. The molecule has 0 atom stereocenters. The maximum Gasteiger partial charge on any atom is 0.191 e. The first kappa shape index (κ1) is 22.7. The van der Waals surface area contributed by atoms with Gasteiger partial charge in [-0.25, -0.2) is 8.42 Å². The average Bonchev–Trinajstić information content (AvgIpc) is 2.68. The first-order valence-electron chi connectivity index (χ1n) is 10.4. The first-order valence-corrected chi connectivity index (χ1v) is 12.3. The Kier molecular flexibility index (Phi) is 9.78. The minimum Gasteiger partial charge on any atom is -0.378 e. The minimum atomic E-state index is -3.14. The standard InChI is InChI=1S/C21H35N3O3S/c1-3-22-21(23-15-7-17-27-19-8-5-4-6-9-19)24-16-14-18-10-12-20(13-11-18)28(2,25)26/h10-13,19H,3-9,14-17H2,1-2H3,(H2,22,23,24). The van der Waals surface area contributed by atoms with Gasteiger partial charge in [0.2, 0.25) is 0 Å². The van der Waals surface area contributed by atoms with E-state index >= 15 is 0 Å². The van der Waals surface area contributed by atoms with Crippen LogP contribution in [0.15, 0.2) is 34.2 Å². The molecular weight excluding hydrogens is 374 g/mol. The highest BCUT2D eigenvalue weighted by atomic mass is 32.2. The van der Waals surface area contributed by atoms with Gasteiger partial charge in [-0.15, -0.1) is 0 Å². The van der Waals surface area contributed by atoms with Crippen LogP contribution in [0.4, 0.5) is 0 Å². The van der Waals surface area contributed by atoms with Crippen LogP contribution in [0.2, 0.25) is 0 Å². The van der Waals surface area contributed by atoms with Crippen molar-refractivity contribution in [3.05, 3.63) is 29.8 Å². The van der Waals surface area contributed by atoms with E-state index in [0.29, 0.717) is 11.0 Å². The zero-order valence-electron chi connectivity index (χ0n) is 17.2. The molecule has 7 heteroatoms. The molecule has 2 N–H and O–H groups in total. The number of guanidine groups is 1. The van der Waals surface area contributed by atoms with Crippen LogP contribution in [0.3, 0.4) is 0 Å². The lowest BCUT2D eigenvalue weighted by Crippen LogP contribution is -2.38. The van der Waals surface area contributed by atoms with Gasteiger partial charge in [-0.1, -0.05) is 31.4 Å². The molecule has 0 saturated heterocycles. The van der Waals surface area contributed by atoms with Gasteiger partial charge in [-0.3, -0.25) is 4.99 Å². The molecule has 158 valence electrons. The van der Waals surface area contributed by atoms with E-state index in [1.54, 1.807) is 12.1 Å². The maximum absolute atomic E-state index is 11.5. The van der Waals surface area contributed by atoms with E-state index in [1.807, 2.05) is 19.1 Å². The number of hydrogen-bond acceptors (Lipinski definition) is 4. The van der Waals surface area contributed by atoms with Gasteiger partial charge in [0, 0.05) is 32.5 Å². The van der Waals surface area contributed by atoms with Crippen molar-refractivity contribution < 1.29 is 13.2 Å². The highest BCUT2D eigenvalue weighted by Gasteiger charge is 2.12. The van der Waals surface area contributed by atoms with Crippen molar-refractivity contribution >= 4 is 15.8 Å². The van der Waals surface area contributed by atoms with Crippen LogP contribution in [0.25, 0.3) is 0 Å². The van der Waals surface area contributed by atoms with E-state index in [1.165, 1.54) is 38.4 Å². The number of rotatable bonds is 10. The van der Waals surface area contributed by atoms with Gasteiger partial charge in [0.05, 0.1) is 11.0 Å². The molecule has 0 bridgehead atoms. The predicted octanol–water partition coefficient (Wildman–Crippen LogP) is 2.93. The summed E-state index contributed by atoms with van der Waals surface area (Å²) in [4.78, 5) is 4.96. The molecule has 28 heavy (non-hydrogen) atoms. The summed E-state index contributed by atoms with van der Waals surface area (Å²) in [5.74, 6) is 0.813. The second-order valence-electron chi connectivity index (χ2n) is 7.34. The number of nitrogens with zero attached hydrogens (tertiary/aromatic N) is 1. The Balaban J connectivity index is 1.68. The number of benzene rings is 1. The van der Waals surface area contributed by atoms with Gasteiger partial charge in [-0.2, -0.15) is 0 Å². The van der Waals surface area contributed by atoms with Crippen LogP contribution in [-0.4, -0.2) is 53.0 Å². The lowest BCUT2D eigenvalue weighted by molar-refractivity contribution is 0.0281. The van der Waals surface area contributed by atoms with Crippen LogP contribution in [0.5, 0.6) is 0 Å². The van der Waals surface area contributed by atoms with Gasteiger partial charge >= 0.3 is 0 Å². The fourth-order valence-corrected chi connectivity index (χ4v) is 3.94. The van der Waals surface area contributed by atoms with E-state index < -0.39 is 9.84 Å². The van der Waals surface area contributed by atoms with Crippen LogP contribution in [-0.2, 0) is 21.0 Å². The normalized spacial score (nSPS) is 16.1. The third-order valence-corrected chi connectivity index (χ3v) is 6.01. The fourth-order valence-electron chi connectivity index (χ4n) is 3.31. The Hall–Kier alpha value is -1.60. The molecule has 1 aliphatic rings. The number of aliphatic imine (C=N–C) groups is 1. The Labute approximate surface area is 170 Å². The van der Waals surface area contributed by atoms with Crippen LogP contribution in [0, 0.1) is 0 Å². The molecule has 0 aliphatic heterocycles. The Morgan fingerprint density at radius 2 is 1.86 bits per heavy atom. The van der Waals surface area contributed by atoms with Gasteiger partial charge in [-0.05, 0) is 50.3 Å². The molecule has 0 heterocycles. The fraction of sp³-hybridized carbons (Fsp3) is 0.667. The van der Waals surface area contributed by atoms with Crippen LogP contribution < -0.4 is 10.6 Å². The zero-order valence-corrected chi connectivity index (χ0v) is 18.1. The molecule has 1 fully saturated rings. The summed E-state index contributed by atoms with van der Waals surface area (Å²) in [5.41, 5.74) is 1.09. The van der Waals surface area contributed by atoms with Gasteiger partial charge in [0.25, 0.3) is 0 Å². The van der Waals surface area contributed by atoms with Gasteiger partial charge in [0.1, 0.15) is 0 Å². The number of ether oxygens (including phenoxy) is 1. The molecule has 1 aliphatic carbocycles. The Bertz CT molecular complexity index is 696. The SMILES string of the molecule is CCNC(=NCCCOC1CCCCC1)NCCc1ccc(S(C)(=O)=O)cc1. The quantitative estimate of drug-likeness (QED) is 0.353. The highest BCUT2D eigenvalue weighted by molar-refractivity contribution is 7.90. The predicted molar refractivity (Wildman–Crippen MR) is 115 cm³/mol. The molecule has 0 aromatic heterocycles. The molecule has 0 unspecified atom stereocenters. The summed E-state index contributed by atoms with van der Waals surface area (Å²) in [5, 5.41) is 6.59. The van der Waals surface area contributed by atoms with Crippen molar-refractivity contribution in [3.8, 4) is 0 Å². The van der Waals surface area contributed by atoms with Crippen LogP contribution in [0.1, 0.15) is 51.0 Å². The van der Waals surface area contributed by atoms with Gasteiger partial charge < -0.3 is 15.4 Å². The first-order chi connectivity index (χ1) is 13.5. The monoisotopic (exact) mass is 409 g/mol. The van der Waals surface area contributed by atoms with Crippen molar-refractivity contribution in [2.24, 2.45) is 4.99 Å². The second kappa shape index (κ2) is 12.1. The lowest BCUT2D eigenvalue weighted by Gasteiger charge is -2.21. The lowest BCUT2D eigenvalue weighted by atomic mass is 9.98. The minimum absolute atomic E-state index is 0.356. The Morgan fingerprint density at radius 3 is 2.50 bits per heavy atom. The topological polar surface area (TPSA) is 79.8 Å². The summed E-state index contributed by atoms with van der Waals surface area (Å²) in [6.45, 7) is 5.12. The molecule has 1 saturated carbocycles. The average molecular weight is 410 g/mol. The van der Waals surface area contributed by atoms with Crippen molar-refractivity contribution in [2.45, 2.75) is 62.9 Å². The molecular formula is C21H35N3O3S. The van der Waals surface area contributed by atoms with Crippen molar-refractivity contribution in [1.82, 2.24) is 10.6 Å². The largest absolute Gasteiger partial charge is 0.378 e. The van der Waals surface area contributed by atoms with E-state index in [9.17, 15) is 8.42 Å². The summed E-state index contributed by atoms with van der Waals surface area (Å²) in [6.07, 6.45) is 9.78. The maximum atomic E-state index is 11.5. The molecule has 0 spiro atoms. The van der Waals surface area contributed by atoms with Crippen LogP contribution >= 0.6 is 0 Å². The van der Waals surface area contributed by atoms with Crippen molar-refractivity contribution in [3.63, 3.8) is 0 Å². The molecule has 2 rings (SSSR count). The molecule has 0 amide bonds. The van der Waals surface area contributed by atoms with E-state index in [2.05, 4.69) is 15.6 Å². The summed E-state index contributed by atoms with van der Waals surface area (Å²) in [7, 11) is -3.14. The summed E-state index contributed by atoms with van der Waals surface area (Å²) >= 11 is 0. The third-order valence-electron chi connectivity index (χ3n) is 4.88. The van der Waals surface area contributed by atoms with Gasteiger partial charge in [0.15, 0.2) is 15.8 Å². The zero-order chi connectivity index (χ0) is 20.2.